The van der Waals surface area contributed by atoms with Crippen molar-refractivity contribution in [1.82, 2.24) is 5.32 Å². The summed E-state index contributed by atoms with van der Waals surface area (Å²) < 4.78 is 4.84. The summed E-state index contributed by atoms with van der Waals surface area (Å²) in [6, 6.07) is -1.08. The number of rotatable bonds is 16. The highest BCUT2D eigenvalue weighted by Crippen LogP contribution is 2.07. The van der Waals surface area contributed by atoms with Crippen molar-refractivity contribution in [3.05, 3.63) is 20.2 Å². The third kappa shape index (κ3) is 14.0. The van der Waals surface area contributed by atoms with Gasteiger partial charge < -0.3 is 30.6 Å². The first-order valence-corrected chi connectivity index (χ1v) is 8.20. The Labute approximate surface area is 154 Å². The Kier molecular flexibility index (Phi) is 12.8. The van der Waals surface area contributed by atoms with Crippen LogP contribution in [0.4, 0.5) is 4.79 Å². The minimum Gasteiger partial charge on any atom is -0.480 e. The molecule has 1 amide bonds. The number of unbranched alkanes of at least 4 members (excludes halogenated alkanes) is 2. The molecule has 0 aliphatic rings. The number of carbonyl (C=O) groups is 2. The van der Waals surface area contributed by atoms with E-state index in [1.807, 2.05) is 0 Å². The summed E-state index contributed by atoms with van der Waals surface area (Å²) in [4.78, 5) is 51.3. The lowest BCUT2D eigenvalue weighted by Crippen LogP contribution is -2.41. The summed E-state index contributed by atoms with van der Waals surface area (Å²) in [6.45, 7) is -0.245. The molecule has 0 saturated carbocycles. The molecule has 0 bridgehead atoms. The van der Waals surface area contributed by atoms with E-state index in [-0.39, 0.29) is 25.9 Å². The topological polar surface area (TPSA) is 206 Å². The number of alkyl carbamates (subject to hydrolysis) is 1. The van der Waals surface area contributed by atoms with Crippen LogP contribution in [0.25, 0.3) is 0 Å². The SMILES string of the molecule is NCCCCC(NC(=O)OCCCCC(CO[N+](=O)[O-])O[N+](=O)[O-])C(=O)O. The molecule has 2 atom stereocenters. The Bertz CT molecular complexity index is 490. The number of carboxylic acid groups (broad SMARTS) is 1. The van der Waals surface area contributed by atoms with E-state index in [4.69, 9.17) is 15.6 Å². The molecule has 0 aromatic heterocycles. The van der Waals surface area contributed by atoms with Crippen LogP contribution in [0.2, 0.25) is 0 Å². The minimum atomic E-state index is -1.19. The van der Waals surface area contributed by atoms with Crippen molar-refractivity contribution < 1.29 is 39.3 Å². The third-order valence-electron chi connectivity index (χ3n) is 3.29. The van der Waals surface area contributed by atoms with Gasteiger partial charge in [-0.05, 0) is 45.1 Å². The van der Waals surface area contributed by atoms with Crippen LogP contribution in [0.15, 0.2) is 0 Å². The van der Waals surface area contributed by atoms with Crippen molar-refractivity contribution in [2.24, 2.45) is 5.73 Å². The third-order valence-corrected chi connectivity index (χ3v) is 3.29. The largest absolute Gasteiger partial charge is 0.480 e. The van der Waals surface area contributed by atoms with E-state index in [0.29, 0.717) is 25.8 Å². The molecule has 156 valence electrons. The van der Waals surface area contributed by atoms with Crippen molar-refractivity contribution in [1.29, 1.82) is 0 Å². The zero-order valence-corrected chi connectivity index (χ0v) is 14.6. The summed E-state index contributed by atoms with van der Waals surface area (Å²) in [5.41, 5.74) is 5.32. The maximum absolute atomic E-state index is 11.6. The Hall–Kier alpha value is -2.90. The van der Waals surface area contributed by atoms with E-state index >= 15 is 0 Å². The van der Waals surface area contributed by atoms with Crippen LogP contribution in [0, 0.1) is 20.2 Å². The number of carbonyl (C=O) groups excluding carboxylic acids is 1. The van der Waals surface area contributed by atoms with Gasteiger partial charge in [0.15, 0.2) is 0 Å². The van der Waals surface area contributed by atoms with Gasteiger partial charge in [0.2, 0.25) is 0 Å². The maximum atomic E-state index is 11.6. The number of carboxylic acids is 1. The number of nitrogens with one attached hydrogen (secondary N) is 1. The van der Waals surface area contributed by atoms with Crippen LogP contribution in [-0.2, 0) is 19.2 Å². The van der Waals surface area contributed by atoms with Crippen molar-refractivity contribution in [3.63, 3.8) is 0 Å². The highest BCUT2D eigenvalue weighted by atomic mass is 17.0. The Morgan fingerprint density at radius 2 is 1.74 bits per heavy atom. The molecular weight excluding hydrogens is 372 g/mol. The quantitative estimate of drug-likeness (QED) is 0.183. The van der Waals surface area contributed by atoms with Gasteiger partial charge in [0.05, 0.1) is 6.61 Å². The van der Waals surface area contributed by atoms with Crippen molar-refractivity contribution in [3.8, 4) is 0 Å². The Balaban J connectivity index is 4.07. The number of ether oxygens (including phenoxy) is 1. The standard InChI is InChI=1S/C13H24N4O10/c14-7-3-1-6-11(12(18)19)15-13(20)25-8-4-2-5-10(27-17(23)24)9-26-16(21)22/h10-11H,1-9,14H2,(H,15,20)(H,18,19). The predicted octanol–water partition coefficient (Wildman–Crippen LogP) is 0.250. The number of nitrogens with two attached hydrogens (primary N) is 1. The molecule has 0 aliphatic carbocycles. The van der Waals surface area contributed by atoms with Crippen LogP contribution in [-0.4, -0.2) is 59.2 Å². The van der Waals surface area contributed by atoms with Gasteiger partial charge in [-0.15, -0.1) is 20.2 Å². The zero-order valence-electron chi connectivity index (χ0n) is 14.6. The van der Waals surface area contributed by atoms with Gasteiger partial charge in [-0.25, -0.2) is 9.59 Å². The van der Waals surface area contributed by atoms with Gasteiger partial charge in [-0.3, -0.25) is 0 Å². The van der Waals surface area contributed by atoms with Crippen molar-refractivity contribution in [2.75, 3.05) is 19.8 Å². The first kappa shape index (κ1) is 24.1. The predicted molar refractivity (Wildman–Crippen MR) is 87.5 cm³/mol. The molecule has 0 aliphatic heterocycles. The first-order chi connectivity index (χ1) is 12.8. The fraction of sp³-hybridized carbons (Fsp3) is 0.846. The van der Waals surface area contributed by atoms with E-state index < -0.39 is 41.0 Å². The lowest BCUT2D eigenvalue weighted by Gasteiger charge is -2.15. The van der Waals surface area contributed by atoms with Gasteiger partial charge in [-0.2, -0.15) is 0 Å². The molecular formula is C13H24N4O10. The molecule has 0 rings (SSSR count). The molecule has 14 nitrogen and oxygen atoms in total. The van der Waals surface area contributed by atoms with E-state index in [0.717, 1.165) is 0 Å². The second kappa shape index (κ2) is 14.3. The average molecular weight is 396 g/mol. The van der Waals surface area contributed by atoms with Gasteiger partial charge in [0, 0.05) is 0 Å². The van der Waals surface area contributed by atoms with Crippen LogP contribution in [0.3, 0.4) is 0 Å². The van der Waals surface area contributed by atoms with E-state index in [1.54, 1.807) is 0 Å². The van der Waals surface area contributed by atoms with Crippen molar-refractivity contribution in [2.45, 2.75) is 50.7 Å². The molecule has 0 aromatic rings. The average Bonchev–Trinajstić information content (AvgIpc) is 2.57. The first-order valence-electron chi connectivity index (χ1n) is 8.20. The summed E-state index contributed by atoms with van der Waals surface area (Å²) in [5.74, 6) is -1.19. The van der Waals surface area contributed by atoms with E-state index in [1.165, 1.54) is 0 Å². The normalized spacial score (nSPS) is 12.5. The Morgan fingerprint density at radius 1 is 1.07 bits per heavy atom. The molecule has 0 aromatic carbocycles. The maximum Gasteiger partial charge on any atom is 0.407 e. The van der Waals surface area contributed by atoms with Gasteiger partial charge in [0.25, 0.3) is 10.2 Å². The molecule has 0 fully saturated rings. The lowest BCUT2D eigenvalue weighted by molar-refractivity contribution is -0.790. The van der Waals surface area contributed by atoms with Crippen LogP contribution < -0.4 is 11.1 Å². The number of amides is 1. The van der Waals surface area contributed by atoms with E-state index in [9.17, 15) is 29.8 Å². The number of nitrogens with zero attached hydrogens (tertiary/aromatic N) is 2. The second-order valence-corrected chi connectivity index (χ2v) is 5.42. The monoisotopic (exact) mass is 396 g/mol. The summed E-state index contributed by atoms with van der Waals surface area (Å²) in [6.07, 6.45) is 0.0173. The fourth-order valence-electron chi connectivity index (χ4n) is 2.01. The van der Waals surface area contributed by atoms with Gasteiger partial charge in [0.1, 0.15) is 18.8 Å². The second-order valence-electron chi connectivity index (χ2n) is 5.42. The number of hydrogen-bond acceptors (Lipinski definition) is 10. The molecule has 2 unspecified atom stereocenters. The van der Waals surface area contributed by atoms with Crippen LogP contribution in [0.5, 0.6) is 0 Å². The van der Waals surface area contributed by atoms with Gasteiger partial charge in [-0.1, -0.05) is 0 Å². The lowest BCUT2D eigenvalue weighted by atomic mass is 10.1. The summed E-state index contributed by atoms with van der Waals surface area (Å²) >= 11 is 0. The smallest absolute Gasteiger partial charge is 0.407 e. The fourth-order valence-corrected chi connectivity index (χ4v) is 2.01. The molecule has 4 N–H and O–H groups in total. The minimum absolute atomic E-state index is 0.0661. The zero-order chi connectivity index (χ0) is 20.7. The van der Waals surface area contributed by atoms with Crippen molar-refractivity contribution >= 4 is 12.1 Å². The molecule has 0 spiro atoms. The molecule has 27 heavy (non-hydrogen) atoms. The highest BCUT2D eigenvalue weighted by molar-refractivity contribution is 5.79. The van der Waals surface area contributed by atoms with Crippen LogP contribution >= 0.6 is 0 Å². The van der Waals surface area contributed by atoms with Gasteiger partial charge >= 0.3 is 12.1 Å². The summed E-state index contributed by atoms with van der Waals surface area (Å²) in [7, 11) is 0. The number of hydrogen-bond donors (Lipinski definition) is 3. The van der Waals surface area contributed by atoms with Crippen LogP contribution in [0.1, 0.15) is 38.5 Å². The molecule has 0 heterocycles. The Morgan fingerprint density at radius 3 is 2.30 bits per heavy atom. The summed E-state index contributed by atoms with van der Waals surface area (Å²) in [5, 5.41) is 29.5. The molecule has 0 radical (unpaired) electrons. The molecule has 0 saturated heterocycles. The van der Waals surface area contributed by atoms with E-state index in [2.05, 4.69) is 15.0 Å². The highest BCUT2D eigenvalue weighted by Gasteiger charge is 2.20. The number of aliphatic carboxylic acids is 1. The molecule has 14 heteroatoms.